The van der Waals surface area contributed by atoms with E-state index in [1.165, 1.54) is 48.8 Å². The summed E-state index contributed by atoms with van der Waals surface area (Å²) in [6, 6.07) is 25.5. The lowest BCUT2D eigenvalue weighted by Crippen LogP contribution is -2.35. The number of nitrogens with one attached hydrogen (secondary N) is 2. The zero-order chi connectivity index (χ0) is 25.9. The van der Waals surface area contributed by atoms with E-state index in [1.807, 2.05) is 29.2 Å². The molecule has 37 heavy (non-hydrogen) atoms. The molecule has 2 amide bonds. The number of methoxy groups -OCH3 is 1. The molecule has 3 aromatic carbocycles. The molecule has 5 nitrogen and oxygen atoms in total. The fraction of sp³-hybridized carbons (Fsp3) is 0.406. The van der Waals surface area contributed by atoms with Gasteiger partial charge in [-0.15, -0.1) is 0 Å². The highest BCUT2D eigenvalue weighted by atomic mass is 16.5. The SMILES string of the molecule is CCCCN(Cc1ccc(-c2ccc(CNC3CCCCC3)cc2)cc1)C(=O)Nc1ccc(OC)cc1. The van der Waals surface area contributed by atoms with Crippen LogP contribution in [0.1, 0.15) is 63.0 Å². The lowest BCUT2D eigenvalue weighted by Gasteiger charge is -2.23. The number of carbonyl (C=O) groups excluding carboxylic acids is 1. The predicted molar refractivity (Wildman–Crippen MR) is 153 cm³/mol. The number of nitrogens with zero attached hydrogens (tertiary/aromatic N) is 1. The number of hydrogen-bond donors (Lipinski definition) is 2. The van der Waals surface area contributed by atoms with Gasteiger partial charge >= 0.3 is 6.03 Å². The maximum Gasteiger partial charge on any atom is 0.322 e. The Balaban J connectivity index is 1.34. The quantitative estimate of drug-likeness (QED) is 0.285. The first-order chi connectivity index (χ1) is 18.1. The van der Waals surface area contributed by atoms with Gasteiger partial charge in [0.1, 0.15) is 5.75 Å². The zero-order valence-electron chi connectivity index (χ0n) is 22.3. The van der Waals surface area contributed by atoms with Gasteiger partial charge in [-0.1, -0.05) is 81.1 Å². The molecule has 0 spiro atoms. The Kier molecular flexibility index (Phi) is 10.0. The van der Waals surface area contributed by atoms with Crippen molar-refractivity contribution in [2.75, 3.05) is 19.0 Å². The first kappa shape index (κ1) is 26.7. The van der Waals surface area contributed by atoms with Crippen LogP contribution in [0.15, 0.2) is 72.8 Å². The van der Waals surface area contributed by atoms with Crippen LogP contribution in [-0.2, 0) is 13.1 Å². The molecule has 0 heterocycles. The molecule has 0 aliphatic heterocycles. The minimum atomic E-state index is -0.0832. The number of hydrogen-bond acceptors (Lipinski definition) is 3. The molecule has 1 fully saturated rings. The predicted octanol–water partition coefficient (Wildman–Crippen LogP) is 7.62. The average molecular weight is 500 g/mol. The summed E-state index contributed by atoms with van der Waals surface area (Å²) in [6.07, 6.45) is 8.73. The summed E-state index contributed by atoms with van der Waals surface area (Å²) in [6.45, 7) is 4.38. The van der Waals surface area contributed by atoms with E-state index in [-0.39, 0.29) is 6.03 Å². The molecule has 1 aliphatic rings. The van der Waals surface area contributed by atoms with Crippen LogP contribution in [-0.4, -0.2) is 30.6 Å². The number of carbonyl (C=O) groups is 1. The molecule has 4 rings (SSSR count). The highest BCUT2D eigenvalue weighted by Crippen LogP contribution is 2.23. The van der Waals surface area contributed by atoms with Gasteiger partial charge in [0.15, 0.2) is 0 Å². The van der Waals surface area contributed by atoms with E-state index in [2.05, 4.69) is 66.1 Å². The third-order valence-electron chi connectivity index (χ3n) is 7.22. The highest BCUT2D eigenvalue weighted by Gasteiger charge is 2.15. The van der Waals surface area contributed by atoms with E-state index in [0.717, 1.165) is 42.9 Å². The van der Waals surface area contributed by atoms with Crippen molar-refractivity contribution in [2.24, 2.45) is 0 Å². The Morgan fingerprint density at radius 1 is 0.865 bits per heavy atom. The second-order valence-electron chi connectivity index (χ2n) is 10.0. The Bertz CT molecular complexity index is 1090. The third-order valence-corrected chi connectivity index (χ3v) is 7.22. The average Bonchev–Trinajstić information content (AvgIpc) is 2.95. The van der Waals surface area contributed by atoms with Crippen molar-refractivity contribution in [3.63, 3.8) is 0 Å². The van der Waals surface area contributed by atoms with Gasteiger partial charge in [-0.2, -0.15) is 0 Å². The van der Waals surface area contributed by atoms with E-state index in [1.54, 1.807) is 7.11 Å². The summed E-state index contributed by atoms with van der Waals surface area (Å²) in [5.74, 6) is 0.770. The highest BCUT2D eigenvalue weighted by molar-refractivity contribution is 5.89. The van der Waals surface area contributed by atoms with Crippen molar-refractivity contribution in [2.45, 2.75) is 71.0 Å². The van der Waals surface area contributed by atoms with Crippen LogP contribution in [0.2, 0.25) is 0 Å². The number of ether oxygens (including phenoxy) is 1. The smallest absolute Gasteiger partial charge is 0.322 e. The minimum Gasteiger partial charge on any atom is -0.497 e. The van der Waals surface area contributed by atoms with Crippen LogP contribution < -0.4 is 15.4 Å². The number of amides is 2. The van der Waals surface area contributed by atoms with E-state index >= 15 is 0 Å². The van der Waals surface area contributed by atoms with Crippen LogP contribution in [0.4, 0.5) is 10.5 Å². The molecule has 1 aliphatic carbocycles. The first-order valence-corrected chi connectivity index (χ1v) is 13.8. The van der Waals surface area contributed by atoms with Crippen molar-refractivity contribution in [1.29, 1.82) is 0 Å². The van der Waals surface area contributed by atoms with Gasteiger partial charge in [-0.3, -0.25) is 0 Å². The maximum absolute atomic E-state index is 13.0. The second kappa shape index (κ2) is 13.8. The number of rotatable bonds is 11. The molecule has 0 bridgehead atoms. The molecule has 196 valence electrons. The Morgan fingerprint density at radius 2 is 1.49 bits per heavy atom. The fourth-order valence-electron chi connectivity index (χ4n) is 4.89. The molecule has 0 radical (unpaired) electrons. The molecule has 1 saturated carbocycles. The van der Waals surface area contributed by atoms with Crippen molar-refractivity contribution in [3.8, 4) is 16.9 Å². The van der Waals surface area contributed by atoms with Crippen molar-refractivity contribution >= 4 is 11.7 Å². The molecule has 2 N–H and O–H groups in total. The van der Waals surface area contributed by atoms with Crippen molar-refractivity contribution in [3.05, 3.63) is 83.9 Å². The summed E-state index contributed by atoms with van der Waals surface area (Å²) in [7, 11) is 1.64. The number of urea groups is 1. The summed E-state index contributed by atoms with van der Waals surface area (Å²) in [5, 5.41) is 6.75. The van der Waals surface area contributed by atoms with E-state index in [9.17, 15) is 4.79 Å². The topological polar surface area (TPSA) is 53.6 Å². The number of benzene rings is 3. The summed E-state index contributed by atoms with van der Waals surface area (Å²) >= 11 is 0. The van der Waals surface area contributed by atoms with Crippen LogP contribution in [0.25, 0.3) is 11.1 Å². The van der Waals surface area contributed by atoms with Gasteiger partial charge < -0.3 is 20.3 Å². The largest absolute Gasteiger partial charge is 0.497 e. The molecule has 0 aromatic heterocycles. The Labute approximate surface area is 222 Å². The molecule has 0 atom stereocenters. The van der Waals surface area contributed by atoms with Crippen LogP contribution in [0, 0.1) is 0 Å². The normalized spacial score (nSPS) is 13.8. The van der Waals surface area contributed by atoms with E-state index in [4.69, 9.17) is 4.74 Å². The first-order valence-electron chi connectivity index (χ1n) is 13.8. The Hall–Kier alpha value is -3.31. The second-order valence-corrected chi connectivity index (χ2v) is 10.0. The lowest BCUT2D eigenvalue weighted by atomic mass is 9.95. The molecule has 5 heteroatoms. The fourth-order valence-corrected chi connectivity index (χ4v) is 4.89. The van der Waals surface area contributed by atoms with Gasteiger partial charge in [-0.25, -0.2) is 4.79 Å². The number of anilines is 1. The van der Waals surface area contributed by atoms with Gasteiger partial charge in [0.05, 0.1) is 7.11 Å². The Morgan fingerprint density at radius 3 is 2.08 bits per heavy atom. The lowest BCUT2D eigenvalue weighted by molar-refractivity contribution is 0.208. The maximum atomic E-state index is 13.0. The van der Waals surface area contributed by atoms with Gasteiger partial charge in [0.25, 0.3) is 0 Å². The van der Waals surface area contributed by atoms with Crippen molar-refractivity contribution < 1.29 is 9.53 Å². The van der Waals surface area contributed by atoms with Crippen molar-refractivity contribution in [1.82, 2.24) is 10.2 Å². The standard InChI is InChI=1S/C32H41N3O2/c1-3-4-22-35(32(36)34-30-18-20-31(37-2)21-19-30)24-26-12-16-28(17-13-26)27-14-10-25(11-15-27)23-33-29-8-6-5-7-9-29/h10-21,29,33H,3-9,22-24H2,1-2H3,(H,34,36). The van der Waals surface area contributed by atoms with Crippen LogP contribution in [0.5, 0.6) is 5.75 Å². The van der Waals surface area contributed by atoms with Gasteiger partial charge in [0.2, 0.25) is 0 Å². The van der Waals surface area contributed by atoms with Gasteiger partial charge in [-0.05, 0) is 65.8 Å². The van der Waals surface area contributed by atoms with Crippen LogP contribution in [0.3, 0.4) is 0 Å². The molecular formula is C32H41N3O2. The molecule has 3 aromatic rings. The number of unbranched alkanes of at least 4 members (excludes halogenated alkanes) is 1. The molecule has 0 unspecified atom stereocenters. The minimum absolute atomic E-state index is 0.0832. The van der Waals surface area contributed by atoms with E-state index in [0.29, 0.717) is 12.6 Å². The summed E-state index contributed by atoms with van der Waals surface area (Å²) < 4.78 is 5.21. The summed E-state index contributed by atoms with van der Waals surface area (Å²) in [4.78, 5) is 14.9. The molecular weight excluding hydrogens is 458 g/mol. The monoisotopic (exact) mass is 499 g/mol. The van der Waals surface area contributed by atoms with Gasteiger partial charge in [0, 0.05) is 31.4 Å². The summed E-state index contributed by atoms with van der Waals surface area (Å²) in [5.41, 5.74) is 5.63. The van der Waals surface area contributed by atoms with Crippen LogP contribution >= 0.6 is 0 Å². The molecule has 0 saturated heterocycles. The van der Waals surface area contributed by atoms with E-state index < -0.39 is 0 Å². The zero-order valence-corrected chi connectivity index (χ0v) is 22.3. The third kappa shape index (κ3) is 8.09.